The van der Waals surface area contributed by atoms with Gasteiger partial charge in [-0.25, -0.2) is 0 Å². The molecule has 0 spiro atoms. The van der Waals surface area contributed by atoms with Gasteiger partial charge in [0, 0.05) is 12.1 Å². The van der Waals surface area contributed by atoms with E-state index in [4.69, 9.17) is 4.74 Å². The molecule has 0 saturated carbocycles. The van der Waals surface area contributed by atoms with Crippen molar-refractivity contribution in [1.82, 2.24) is 5.32 Å². The molecule has 0 bridgehead atoms. The lowest BCUT2D eigenvalue weighted by Crippen LogP contribution is -2.22. The van der Waals surface area contributed by atoms with E-state index < -0.39 is 0 Å². The number of fused-ring (bicyclic) bond motifs is 1. The van der Waals surface area contributed by atoms with Gasteiger partial charge in [-0.3, -0.25) is 4.79 Å². The van der Waals surface area contributed by atoms with E-state index in [9.17, 15) is 4.79 Å². The van der Waals surface area contributed by atoms with Gasteiger partial charge in [-0.2, -0.15) is 0 Å². The summed E-state index contributed by atoms with van der Waals surface area (Å²) in [4.78, 5) is 12.2. The van der Waals surface area contributed by atoms with E-state index in [1.807, 2.05) is 18.2 Å². The van der Waals surface area contributed by atoms with Gasteiger partial charge < -0.3 is 10.1 Å². The van der Waals surface area contributed by atoms with Crippen molar-refractivity contribution < 1.29 is 9.53 Å². The van der Waals surface area contributed by atoms with Gasteiger partial charge in [0.05, 0.1) is 0 Å². The number of benzene rings is 3. The summed E-state index contributed by atoms with van der Waals surface area (Å²) in [6, 6.07) is 21.5. The van der Waals surface area contributed by atoms with Crippen molar-refractivity contribution in [2.75, 3.05) is 6.61 Å². The Morgan fingerprint density at radius 1 is 1.00 bits per heavy atom. The second-order valence-electron chi connectivity index (χ2n) is 5.49. The minimum absolute atomic E-state index is 0.0987. The lowest BCUT2D eigenvalue weighted by molar-refractivity contribution is 0.0951. The Bertz CT molecular complexity index is 853. The van der Waals surface area contributed by atoms with Crippen LogP contribution in [0.4, 0.5) is 0 Å². The van der Waals surface area contributed by atoms with Crippen molar-refractivity contribution in [1.29, 1.82) is 0 Å². The van der Waals surface area contributed by atoms with Crippen LogP contribution in [0.3, 0.4) is 0 Å². The summed E-state index contributed by atoms with van der Waals surface area (Å²) in [5, 5.41) is 5.32. The Balaban J connectivity index is 1.62. The highest BCUT2D eigenvalue weighted by atomic mass is 16.5. The van der Waals surface area contributed by atoms with Crippen molar-refractivity contribution in [2.45, 2.75) is 6.54 Å². The van der Waals surface area contributed by atoms with Crippen LogP contribution in [0, 0.1) is 0 Å². The molecule has 24 heavy (non-hydrogen) atoms. The first-order valence-corrected chi connectivity index (χ1v) is 7.86. The van der Waals surface area contributed by atoms with E-state index in [2.05, 4.69) is 36.2 Å². The van der Waals surface area contributed by atoms with Crippen LogP contribution < -0.4 is 10.1 Å². The molecule has 3 rings (SSSR count). The fraction of sp³-hybridized carbons (Fsp3) is 0.0952. The number of rotatable bonds is 6. The highest BCUT2D eigenvalue weighted by molar-refractivity contribution is 5.94. The topological polar surface area (TPSA) is 38.3 Å². The third-order valence-corrected chi connectivity index (χ3v) is 3.75. The molecule has 3 heteroatoms. The third kappa shape index (κ3) is 3.82. The molecule has 0 aliphatic carbocycles. The van der Waals surface area contributed by atoms with Gasteiger partial charge in [0.15, 0.2) is 0 Å². The van der Waals surface area contributed by atoms with E-state index in [0.717, 1.165) is 11.3 Å². The summed E-state index contributed by atoms with van der Waals surface area (Å²) < 4.78 is 5.41. The Morgan fingerprint density at radius 3 is 2.50 bits per heavy atom. The molecule has 120 valence electrons. The van der Waals surface area contributed by atoms with Crippen molar-refractivity contribution in [3.8, 4) is 5.75 Å². The number of hydrogen-bond donors (Lipinski definition) is 1. The number of carbonyl (C=O) groups is 1. The third-order valence-electron chi connectivity index (χ3n) is 3.75. The Morgan fingerprint density at radius 2 is 1.75 bits per heavy atom. The molecule has 0 aliphatic heterocycles. The maximum absolute atomic E-state index is 12.2. The van der Waals surface area contributed by atoms with Gasteiger partial charge in [-0.05, 0) is 46.7 Å². The monoisotopic (exact) mass is 317 g/mol. The van der Waals surface area contributed by atoms with Crippen molar-refractivity contribution in [3.05, 3.63) is 90.5 Å². The standard InChI is InChI=1S/C21H19NO2/c1-2-13-24-20-11-9-18(10-12-20)21(23)22-15-16-7-8-17-5-3-4-6-19(17)14-16/h2-12,14H,1,13,15H2,(H,22,23). The average molecular weight is 317 g/mol. The average Bonchev–Trinajstić information content (AvgIpc) is 2.64. The van der Waals surface area contributed by atoms with E-state index in [-0.39, 0.29) is 5.91 Å². The van der Waals surface area contributed by atoms with Crippen molar-refractivity contribution >= 4 is 16.7 Å². The number of ether oxygens (including phenoxy) is 1. The van der Waals surface area contributed by atoms with Crippen LogP contribution in [0.25, 0.3) is 10.8 Å². The smallest absolute Gasteiger partial charge is 0.251 e. The molecule has 0 aliphatic rings. The summed E-state index contributed by atoms with van der Waals surface area (Å²) in [5.41, 5.74) is 1.69. The van der Waals surface area contributed by atoms with Crippen LogP contribution in [0.1, 0.15) is 15.9 Å². The fourth-order valence-corrected chi connectivity index (χ4v) is 2.49. The zero-order chi connectivity index (χ0) is 16.8. The number of nitrogens with one attached hydrogen (secondary N) is 1. The summed E-state index contributed by atoms with van der Waals surface area (Å²) in [7, 11) is 0. The minimum atomic E-state index is -0.0987. The van der Waals surface area contributed by atoms with E-state index in [1.165, 1.54) is 10.8 Å². The maximum Gasteiger partial charge on any atom is 0.251 e. The second kappa shape index (κ2) is 7.47. The molecule has 0 aromatic heterocycles. The quantitative estimate of drug-likeness (QED) is 0.687. The summed E-state index contributed by atoms with van der Waals surface area (Å²) >= 11 is 0. The fourth-order valence-electron chi connectivity index (χ4n) is 2.49. The van der Waals surface area contributed by atoms with Crippen molar-refractivity contribution in [2.24, 2.45) is 0 Å². The molecule has 0 saturated heterocycles. The molecule has 0 fully saturated rings. The molecule has 0 heterocycles. The molecule has 0 unspecified atom stereocenters. The normalized spacial score (nSPS) is 10.3. The Labute approximate surface area is 141 Å². The van der Waals surface area contributed by atoms with E-state index >= 15 is 0 Å². The van der Waals surface area contributed by atoms with E-state index in [0.29, 0.717) is 18.7 Å². The van der Waals surface area contributed by atoms with Gasteiger partial charge >= 0.3 is 0 Å². The SMILES string of the molecule is C=CCOc1ccc(C(=O)NCc2ccc3ccccc3c2)cc1. The molecule has 3 nitrogen and oxygen atoms in total. The molecule has 0 atom stereocenters. The Hall–Kier alpha value is -3.07. The van der Waals surface area contributed by atoms with E-state index in [1.54, 1.807) is 30.3 Å². The first kappa shape index (κ1) is 15.8. The van der Waals surface area contributed by atoms with Gasteiger partial charge in [0.2, 0.25) is 0 Å². The Kier molecular flexibility index (Phi) is 4.92. The summed E-state index contributed by atoms with van der Waals surface area (Å²) in [6.45, 7) is 4.55. The van der Waals surface area contributed by atoms with Gasteiger partial charge in [0.1, 0.15) is 12.4 Å². The molecule has 3 aromatic rings. The minimum Gasteiger partial charge on any atom is -0.490 e. The van der Waals surface area contributed by atoms with Crippen molar-refractivity contribution in [3.63, 3.8) is 0 Å². The predicted octanol–water partition coefficient (Wildman–Crippen LogP) is 4.33. The maximum atomic E-state index is 12.2. The molecular weight excluding hydrogens is 298 g/mol. The molecular formula is C21H19NO2. The van der Waals surface area contributed by atoms with Crippen LogP contribution in [0.5, 0.6) is 5.75 Å². The molecule has 0 radical (unpaired) electrons. The number of carbonyl (C=O) groups excluding carboxylic acids is 1. The number of hydrogen-bond acceptors (Lipinski definition) is 2. The highest BCUT2D eigenvalue weighted by Crippen LogP contribution is 2.16. The first-order chi connectivity index (χ1) is 11.8. The number of amides is 1. The van der Waals surface area contributed by atoms with Crippen LogP contribution >= 0.6 is 0 Å². The zero-order valence-corrected chi connectivity index (χ0v) is 13.4. The van der Waals surface area contributed by atoms with Gasteiger partial charge in [-0.1, -0.05) is 49.1 Å². The molecule has 1 N–H and O–H groups in total. The molecule has 3 aromatic carbocycles. The van der Waals surface area contributed by atoms with Crippen LogP contribution in [-0.4, -0.2) is 12.5 Å². The zero-order valence-electron chi connectivity index (χ0n) is 13.4. The second-order valence-corrected chi connectivity index (χ2v) is 5.49. The van der Waals surface area contributed by atoms with Gasteiger partial charge in [-0.15, -0.1) is 0 Å². The molecule has 1 amide bonds. The highest BCUT2D eigenvalue weighted by Gasteiger charge is 2.06. The summed E-state index contributed by atoms with van der Waals surface area (Å²) in [5.74, 6) is 0.624. The van der Waals surface area contributed by atoms with Gasteiger partial charge in [0.25, 0.3) is 5.91 Å². The summed E-state index contributed by atoms with van der Waals surface area (Å²) in [6.07, 6.45) is 1.68. The lowest BCUT2D eigenvalue weighted by Gasteiger charge is -2.08. The predicted molar refractivity (Wildman–Crippen MR) is 97.3 cm³/mol. The van der Waals surface area contributed by atoms with Crippen LogP contribution in [0.15, 0.2) is 79.4 Å². The first-order valence-electron chi connectivity index (χ1n) is 7.86. The van der Waals surface area contributed by atoms with Crippen LogP contribution in [0.2, 0.25) is 0 Å². The van der Waals surface area contributed by atoms with Crippen LogP contribution in [-0.2, 0) is 6.54 Å². The lowest BCUT2D eigenvalue weighted by atomic mass is 10.1. The largest absolute Gasteiger partial charge is 0.490 e.